The average Bonchev–Trinajstić information content (AvgIpc) is 3.05. The van der Waals surface area contributed by atoms with Crippen LogP contribution < -0.4 is 0 Å². The number of aryl methyl sites for hydroxylation is 1. The first-order valence-corrected chi connectivity index (χ1v) is 6.87. The maximum absolute atomic E-state index is 10.7. The first-order valence-electron chi connectivity index (χ1n) is 5.88. The smallest absolute Gasteiger partial charge is 0.303 e. The molecule has 1 aromatic heterocycles. The molecule has 1 saturated carbocycles. The fourth-order valence-electron chi connectivity index (χ4n) is 1.90. The number of aromatic nitrogens is 1. The van der Waals surface area contributed by atoms with Gasteiger partial charge in [0.2, 0.25) is 0 Å². The van der Waals surface area contributed by atoms with Crippen molar-refractivity contribution < 1.29 is 14.8 Å². The molecule has 7 heteroatoms. The van der Waals surface area contributed by atoms with Crippen molar-refractivity contribution in [1.82, 2.24) is 4.98 Å². The van der Waals surface area contributed by atoms with E-state index in [1.165, 1.54) is 17.8 Å². The second kappa shape index (κ2) is 5.16. The standard InChI is InChI=1S/C12H14N2O4S/c1-8-9(14(17)18)2-3-10(13-8)19-7-12(4-5-12)6-11(15)16/h2-3H,4-7H2,1H3,(H,15,16). The van der Waals surface area contributed by atoms with Crippen LogP contribution in [0.15, 0.2) is 17.2 Å². The Morgan fingerprint density at radius 3 is 2.74 bits per heavy atom. The minimum atomic E-state index is -0.772. The molecule has 2 rings (SSSR count). The zero-order valence-electron chi connectivity index (χ0n) is 10.5. The van der Waals surface area contributed by atoms with Crippen molar-refractivity contribution in [2.75, 3.05) is 5.75 Å². The summed E-state index contributed by atoms with van der Waals surface area (Å²) >= 11 is 1.47. The van der Waals surface area contributed by atoms with Crippen molar-refractivity contribution in [3.8, 4) is 0 Å². The number of carbonyl (C=O) groups is 1. The van der Waals surface area contributed by atoms with Crippen LogP contribution in [0, 0.1) is 22.5 Å². The van der Waals surface area contributed by atoms with Crippen molar-refractivity contribution in [3.05, 3.63) is 27.9 Å². The number of nitro groups is 1. The molecule has 1 aliphatic rings. The number of carboxylic acid groups (broad SMARTS) is 1. The van der Waals surface area contributed by atoms with Crippen LogP contribution in [0.4, 0.5) is 5.69 Å². The summed E-state index contributed by atoms with van der Waals surface area (Å²) < 4.78 is 0. The molecule has 0 spiro atoms. The van der Waals surface area contributed by atoms with Gasteiger partial charge in [0.1, 0.15) is 5.69 Å². The van der Waals surface area contributed by atoms with Gasteiger partial charge in [0.25, 0.3) is 5.69 Å². The second-order valence-electron chi connectivity index (χ2n) is 4.87. The highest BCUT2D eigenvalue weighted by molar-refractivity contribution is 7.99. The van der Waals surface area contributed by atoms with E-state index in [0.717, 1.165) is 12.8 Å². The summed E-state index contributed by atoms with van der Waals surface area (Å²) in [7, 11) is 0. The van der Waals surface area contributed by atoms with Gasteiger partial charge in [-0.3, -0.25) is 14.9 Å². The van der Waals surface area contributed by atoms with Gasteiger partial charge in [-0.2, -0.15) is 0 Å². The molecular formula is C12H14N2O4S. The van der Waals surface area contributed by atoms with Gasteiger partial charge < -0.3 is 5.11 Å². The van der Waals surface area contributed by atoms with E-state index < -0.39 is 10.9 Å². The zero-order valence-corrected chi connectivity index (χ0v) is 11.3. The van der Waals surface area contributed by atoms with Crippen LogP contribution >= 0.6 is 11.8 Å². The number of nitrogens with zero attached hydrogens (tertiary/aromatic N) is 2. The van der Waals surface area contributed by atoms with Gasteiger partial charge in [0, 0.05) is 11.8 Å². The molecule has 6 nitrogen and oxygen atoms in total. The van der Waals surface area contributed by atoms with Crippen LogP contribution in [0.2, 0.25) is 0 Å². The minimum absolute atomic E-state index is 0.0102. The van der Waals surface area contributed by atoms with Crippen molar-refractivity contribution >= 4 is 23.4 Å². The lowest BCUT2D eigenvalue weighted by atomic mass is 10.1. The van der Waals surface area contributed by atoms with Gasteiger partial charge >= 0.3 is 5.97 Å². The summed E-state index contributed by atoms with van der Waals surface area (Å²) in [6.07, 6.45) is 2.04. The van der Waals surface area contributed by atoms with E-state index in [1.807, 2.05) is 0 Å². The minimum Gasteiger partial charge on any atom is -0.481 e. The Labute approximate surface area is 114 Å². The van der Waals surface area contributed by atoms with E-state index in [-0.39, 0.29) is 17.5 Å². The fraction of sp³-hybridized carbons (Fsp3) is 0.500. The molecule has 0 amide bonds. The van der Waals surface area contributed by atoms with Crippen molar-refractivity contribution in [3.63, 3.8) is 0 Å². The topological polar surface area (TPSA) is 93.3 Å². The predicted octanol–water partition coefficient (Wildman–Crippen LogP) is 2.65. The first kappa shape index (κ1) is 13.8. The summed E-state index contributed by atoms with van der Waals surface area (Å²) in [5.74, 6) is -0.0743. The highest BCUT2D eigenvalue weighted by Crippen LogP contribution is 2.51. The molecule has 1 aliphatic carbocycles. The molecule has 0 unspecified atom stereocenters. The maximum Gasteiger partial charge on any atom is 0.303 e. The van der Waals surface area contributed by atoms with Gasteiger partial charge in [-0.05, 0) is 31.2 Å². The molecule has 19 heavy (non-hydrogen) atoms. The number of aliphatic carboxylic acids is 1. The van der Waals surface area contributed by atoms with E-state index in [1.54, 1.807) is 13.0 Å². The molecule has 1 fully saturated rings. The zero-order chi connectivity index (χ0) is 14.0. The Balaban J connectivity index is 1.99. The third-order valence-corrected chi connectivity index (χ3v) is 4.52. The number of thioether (sulfide) groups is 1. The van der Waals surface area contributed by atoms with Crippen LogP contribution in [0.1, 0.15) is 25.0 Å². The number of hydrogen-bond acceptors (Lipinski definition) is 5. The largest absolute Gasteiger partial charge is 0.481 e. The van der Waals surface area contributed by atoms with Crippen molar-refractivity contribution in [2.24, 2.45) is 5.41 Å². The Bertz CT molecular complexity index is 528. The van der Waals surface area contributed by atoms with Crippen LogP contribution in [0.3, 0.4) is 0 Å². The fourth-order valence-corrected chi connectivity index (χ4v) is 3.11. The van der Waals surface area contributed by atoms with E-state index in [0.29, 0.717) is 16.5 Å². The van der Waals surface area contributed by atoms with E-state index in [4.69, 9.17) is 5.11 Å². The molecule has 0 saturated heterocycles. The number of rotatable bonds is 6. The maximum atomic E-state index is 10.7. The van der Waals surface area contributed by atoms with Crippen molar-refractivity contribution in [2.45, 2.75) is 31.2 Å². The van der Waals surface area contributed by atoms with E-state index in [2.05, 4.69) is 4.98 Å². The quantitative estimate of drug-likeness (QED) is 0.489. The first-order chi connectivity index (χ1) is 8.92. The highest BCUT2D eigenvalue weighted by Gasteiger charge is 2.44. The summed E-state index contributed by atoms with van der Waals surface area (Å²) in [6.45, 7) is 1.60. The average molecular weight is 282 g/mol. The molecule has 102 valence electrons. The number of pyridine rings is 1. The molecule has 0 bridgehead atoms. The Kier molecular flexibility index (Phi) is 3.75. The van der Waals surface area contributed by atoms with Crippen LogP contribution in [0.25, 0.3) is 0 Å². The molecule has 0 radical (unpaired) electrons. The normalized spacial score (nSPS) is 16.1. The van der Waals surface area contributed by atoms with Crippen molar-refractivity contribution in [1.29, 1.82) is 0 Å². The number of hydrogen-bond donors (Lipinski definition) is 1. The molecule has 0 aliphatic heterocycles. The van der Waals surface area contributed by atoms with E-state index in [9.17, 15) is 14.9 Å². The SMILES string of the molecule is Cc1nc(SCC2(CC(=O)O)CC2)ccc1[N+](=O)[O-]. The Hall–Kier alpha value is -1.63. The van der Waals surface area contributed by atoms with E-state index >= 15 is 0 Å². The lowest BCUT2D eigenvalue weighted by molar-refractivity contribution is -0.385. The Morgan fingerprint density at radius 1 is 1.58 bits per heavy atom. The molecule has 1 aromatic rings. The second-order valence-corrected chi connectivity index (χ2v) is 5.87. The molecule has 1 N–H and O–H groups in total. The van der Waals surface area contributed by atoms with Crippen LogP contribution in [-0.4, -0.2) is 26.7 Å². The lowest BCUT2D eigenvalue weighted by Crippen LogP contribution is -2.11. The number of carboxylic acids is 1. The third kappa shape index (κ3) is 3.44. The summed E-state index contributed by atoms with van der Waals surface area (Å²) in [6, 6.07) is 3.06. The molecule has 0 aromatic carbocycles. The molecular weight excluding hydrogens is 268 g/mol. The summed E-state index contributed by atoms with van der Waals surface area (Å²) in [4.78, 5) is 25.1. The van der Waals surface area contributed by atoms with Gasteiger partial charge in [-0.1, -0.05) is 0 Å². The van der Waals surface area contributed by atoms with Crippen LogP contribution in [0.5, 0.6) is 0 Å². The predicted molar refractivity (Wildman–Crippen MR) is 70.3 cm³/mol. The highest BCUT2D eigenvalue weighted by atomic mass is 32.2. The summed E-state index contributed by atoms with van der Waals surface area (Å²) in [5.41, 5.74) is 0.294. The third-order valence-electron chi connectivity index (χ3n) is 3.24. The Morgan fingerprint density at radius 2 is 2.26 bits per heavy atom. The molecule has 0 atom stereocenters. The van der Waals surface area contributed by atoms with Gasteiger partial charge in [0.05, 0.1) is 16.4 Å². The van der Waals surface area contributed by atoms with Gasteiger partial charge in [0.15, 0.2) is 0 Å². The molecule has 1 heterocycles. The lowest BCUT2D eigenvalue weighted by Gasteiger charge is -2.11. The van der Waals surface area contributed by atoms with Gasteiger partial charge in [-0.15, -0.1) is 11.8 Å². The summed E-state index contributed by atoms with van der Waals surface area (Å²) in [5, 5.41) is 20.2. The van der Waals surface area contributed by atoms with Crippen LogP contribution in [-0.2, 0) is 4.79 Å². The van der Waals surface area contributed by atoms with Gasteiger partial charge in [-0.25, -0.2) is 4.98 Å². The monoisotopic (exact) mass is 282 g/mol.